The third kappa shape index (κ3) is 3.66. The lowest BCUT2D eigenvalue weighted by atomic mass is 10.1. The lowest BCUT2D eigenvalue weighted by molar-refractivity contribution is 0.0963. The maximum absolute atomic E-state index is 11.6. The topological polar surface area (TPSA) is 76.4 Å². The van der Waals surface area contributed by atoms with Crippen LogP contribution in [0.1, 0.15) is 17.3 Å². The quantitative estimate of drug-likeness (QED) is 0.738. The molecule has 1 amide bonds. The van der Waals surface area contributed by atoms with Crippen molar-refractivity contribution in [1.82, 2.24) is 5.32 Å². The summed E-state index contributed by atoms with van der Waals surface area (Å²) >= 11 is 0. The van der Waals surface area contributed by atoms with E-state index in [1.165, 1.54) is 0 Å². The van der Waals surface area contributed by atoms with Gasteiger partial charge in [-0.1, -0.05) is 0 Å². The number of carbonyl (C=O) groups excluding carboxylic acids is 1. The molecule has 0 saturated carbocycles. The number of anilines is 3. The van der Waals surface area contributed by atoms with E-state index < -0.39 is 0 Å². The second-order valence-corrected chi connectivity index (χ2v) is 4.46. The number of hydrogen-bond donors (Lipinski definition) is 3. The monoisotopic (exact) mass is 285 g/mol. The molecule has 0 aromatic heterocycles. The van der Waals surface area contributed by atoms with Gasteiger partial charge in [0.05, 0.1) is 18.0 Å². The van der Waals surface area contributed by atoms with Crippen LogP contribution in [-0.2, 0) is 0 Å². The van der Waals surface area contributed by atoms with Crippen LogP contribution >= 0.6 is 0 Å². The summed E-state index contributed by atoms with van der Waals surface area (Å²) in [5, 5.41) is 5.79. The standard InChI is InChI=1S/C16H19N3O2/c1-3-21-13-7-5-12(6-8-13)19-15-10-11(16(20)18-2)4-9-14(15)17/h4-10,19H,3,17H2,1-2H3,(H,18,20). The Kier molecular flexibility index (Phi) is 4.66. The van der Waals surface area contributed by atoms with E-state index in [0.29, 0.717) is 23.5 Å². The van der Waals surface area contributed by atoms with Gasteiger partial charge in [-0.15, -0.1) is 0 Å². The van der Waals surface area contributed by atoms with E-state index in [-0.39, 0.29) is 5.91 Å². The number of rotatable bonds is 5. The summed E-state index contributed by atoms with van der Waals surface area (Å²) in [7, 11) is 1.60. The minimum absolute atomic E-state index is 0.148. The maximum atomic E-state index is 11.6. The molecule has 21 heavy (non-hydrogen) atoms. The van der Waals surface area contributed by atoms with Crippen molar-refractivity contribution in [2.45, 2.75) is 6.92 Å². The summed E-state index contributed by atoms with van der Waals surface area (Å²) in [6.45, 7) is 2.57. The fourth-order valence-electron chi connectivity index (χ4n) is 1.91. The molecule has 0 bridgehead atoms. The number of nitrogens with two attached hydrogens (primary N) is 1. The average Bonchev–Trinajstić information content (AvgIpc) is 2.51. The van der Waals surface area contributed by atoms with Gasteiger partial charge in [0.15, 0.2) is 0 Å². The van der Waals surface area contributed by atoms with Gasteiger partial charge in [0.1, 0.15) is 5.75 Å². The molecule has 0 aliphatic rings. The van der Waals surface area contributed by atoms with Crippen molar-refractivity contribution < 1.29 is 9.53 Å². The third-order valence-electron chi connectivity index (χ3n) is 2.99. The van der Waals surface area contributed by atoms with Gasteiger partial charge in [-0.2, -0.15) is 0 Å². The number of hydrogen-bond acceptors (Lipinski definition) is 4. The molecule has 2 rings (SSSR count). The molecule has 0 atom stereocenters. The molecule has 0 saturated heterocycles. The van der Waals surface area contributed by atoms with Gasteiger partial charge < -0.3 is 21.1 Å². The average molecular weight is 285 g/mol. The molecule has 0 radical (unpaired) electrons. The Bertz CT molecular complexity index is 624. The highest BCUT2D eigenvalue weighted by atomic mass is 16.5. The normalized spacial score (nSPS) is 10.0. The van der Waals surface area contributed by atoms with Crippen molar-refractivity contribution in [3.05, 3.63) is 48.0 Å². The molecule has 0 aliphatic carbocycles. The second-order valence-electron chi connectivity index (χ2n) is 4.46. The molecule has 5 heteroatoms. The van der Waals surface area contributed by atoms with E-state index >= 15 is 0 Å². The van der Waals surface area contributed by atoms with Crippen LogP contribution < -0.4 is 21.1 Å². The van der Waals surface area contributed by atoms with Crippen LogP contribution in [0.2, 0.25) is 0 Å². The van der Waals surface area contributed by atoms with E-state index in [1.807, 2.05) is 31.2 Å². The molecule has 2 aromatic rings. The van der Waals surface area contributed by atoms with Gasteiger partial charge in [0.2, 0.25) is 0 Å². The number of amides is 1. The van der Waals surface area contributed by atoms with Crippen LogP contribution in [0, 0.1) is 0 Å². The Hall–Kier alpha value is -2.69. The van der Waals surface area contributed by atoms with Gasteiger partial charge in [-0.05, 0) is 49.4 Å². The predicted octanol–water partition coefficient (Wildman–Crippen LogP) is 2.77. The van der Waals surface area contributed by atoms with Gasteiger partial charge in [-0.25, -0.2) is 0 Å². The molecule has 110 valence electrons. The van der Waals surface area contributed by atoms with E-state index in [2.05, 4.69) is 10.6 Å². The molecule has 5 nitrogen and oxygen atoms in total. The van der Waals surface area contributed by atoms with E-state index in [1.54, 1.807) is 25.2 Å². The molecular weight excluding hydrogens is 266 g/mol. The summed E-state index contributed by atoms with van der Waals surface area (Å²) in [4.78, 5) is 11.6. The summed E-state index contributed by atoms with van der Waals surface area (Å²) in [5.74, 6) is 0.667. The van der Waals surface area contributed by atoms with Crippen LogP contribution in [-0.4, -0.2) is 19.6 Å². The number of carbonyl (C=O) groups is 1. The lowest BCUT2D eigenvalue weighted by Gasteiger charge is -2.11. The van der Waals surface area contributed by atoms with Crippen molar-refractivity contribution in [3.8, 4) is 5.75 Å². The third-order valence-corrected chi connectivity index (χ3v) is 2.99. The van der Waals surface area contributed by atoms with Gasteiger partial charge >= 0.3 is 0 Å². The van der Waals surface area contributed by atoms with E-state index in [4.69, 9.17) is 10.5 Å². The smallest absolute Gasteiger partial charge is 0.251 e. The summed E-state index contributed by atoms with van der Waals surface area (Å²) in [5.41, 5.74) is 8.64. The first-order valence-electron chi connectivity index (χ1n) is 6.75. The number of nitrogen functional groups attached to an aromatic ring is 1. The van der Waals surface area contributed by atoms with Gasteiger partial charge in [-0.3, -0.25) is 4.79 Å². The van der Waals surface area contributed by atoms with Gasteiger partial charge in [0, 0.05) is 18.3 Å². The highest BCUT2D eigenvalue weighted by Gasteiger charge is 2.07. The highest BCUT2D eigenvalue weighted by molar-refractivity contribution is 5.96. The number of ether oxygens (including phenoxy) is 1. The SMILES string of the molecule is CCOc1ccc(Nc2cc(C(=O)NC)ccc2N)cc1. The second kappa shape index (κ2) is 6.65. The van der Waals surface area contributed by atoms with Crippen LogP contribution in [0.5, 0.6) is 5.75 Å². The number of benzene rings is 2. The number of nitrogens with one attached hydrogen (secondary N) is 2. The molecule has 0 fully saturated rings. The largest absolute Gasteiger partial charge is 0.494 e. The van der Waals surface area contributed by atoms with Crippen molar-refractivity contribution in [1.29, 1.82) is 0 Å². The minimum atomic E-state index is -0.148. The van der Waals surface area contributed by atoms with Crippen LogP contribution in [0.15, 0.2) is 42.5 Å². The van der Waals surface area contributed by atoms with Gasteiger partial charge in [0.25, 0.3) is 5.91 Å². The zero-order valence-electron chi connectivity index (χ0n) is 12.1. The summed E-state index contributed by atoms with van der Waals surface area (Å²) in [6, 6.07) is 12.7. The lowest BCUT2D eigenvalue weighted by Crippen LogP contribution is -2.17. The Morgan fingerprint density at radius 1 is 1.19 bits per heavy atom. The molecule has 0 unspecified atom stereocenters. The Balaban J connectivity index is 2.20. The summed E-state index contributed by atoms with van der Waals surface area (Å²) < 4.78 is 5.39. The Morgan fingerprint density at radius 3 is 2.52 bits per heavy atom. The predicted molar refractivity (Wildman–Crippen MR) is 85.1 cm³/mol. The van der Waals surface area contributed by atoms with E-state index in [0.717, 1.165) is 11.4 Å². The van der Waals surface area contributed by atoms with Crippen LogP contribution in [0.25, 0.3) is 0 Å². The van der Waals surface area contributed by atoms with E-state index in [9.17, 15) is 4.79 Å². The maximum Gasteiger partial charge on any atom is 0.251 e. The van der Waals surface area contributed by atoms with Crippen molar-refractivity contribution in [2.24, 2.45) is 0 Å². The zero-order valence-corrected chi connectivity index (χ0v) is 12.1. The van der Waals surface area contributed by atoms with Crippen molar-refractivity contribution in [3.63, 3.8) is 0 Å². The van der Waals surface area contributed by atoms with Crippen molar-refractivity contribution in [2.75, 3.05) is 24.7 Å². The summed E-state index contributed by atoms with van der Waals surface area (Å²) in [6.07, 6.45) is 0. The molecular formula is C16H19N3O2. The minimum Gasteiger partial charge on any atom is -0.494 e. The molecule has 0 aliphatic heterocycles. The molecule has 0 spiro atoms. The first kappa shape index (κ1) is 14.7. The molecule has 4 N–H and O–H groups in total. The molecule has 2 aromatic carbocycles. The van der Waals surface area contributed by atoms with Crippen LogP contribution in [0.3, 0.4) is 0 Å². The zero-order chi connectivity index (χ0) is 15.2. The van der Waals surface area contributed by atoms with Crippen LogP contribution in [0.4, 0.5) is 17.1 Å². The van der Waals surface area contributed by atoms with Crippen molar-refractivity contribution >= 4 is 23.0 Å². The first-order valence-corrected chi connectivity index (χ1v) is 6.75. The fraction of sp³-hybridized carbons (Fsp3) is 0.188. The Labute approximate surface area is 124 Å². The Morgan fingerprint density at radius 2 is 1.90 bits per heavy atom. The molecule has 0 heterocycles. The highest BCUT2D eigenvalue weighted by Crippen LogP contribution is 2.25. The fourth-order valence-corrected chi connectivity index (χ4v) is 1.91. The first-order chi connectivity index (χ1) is 10.1.